The van der Waals surface area contributed by atoms with E-state index in [1.807, 2.05) is 37.3 Å². The monoisotopic (exact) mass is 331 g/mol. The number of likely N-dealkylation sites (tertiary alicyclic amines) is 1. The lowest BCUT2D eigenvalue weighted by atomic mass is 10.0. The number of piperidine rings is 1. The Labute approximate surface area is 144 Å². The number of carbonyl (C=O) groups excluding carboxylic acids is 2. The van der Waals surface area contributed by atoms with E-state index in [0.717, 1.165) is 44.5 Å². The van der Waals surface area contributed by atoms with Crippen LogP contribution in [0.2, 0.25) is 0 Å². The first-order valence-electron chi connectivity index (χ1n) is 8.96. The molecular formula is C19H29N3O2. The first-order chi connectivity index (χ1) is 11.6. The van der Waals surface area contributed by atoms with Crippen LogP contribution in [0.5, 0.6) is 0 Å². The highest BCUT2D eigenvalue weighted by Gasteiger charge is 2.23. The average Bonchev–Trinajstić information content (AvgIpc) is 2.57. The van der Waals surface area contributed by atoms with Gasteiger partial charge in [0.1, 0.15) is 0 Å². The number of nitrogens with one attached hydrogen (secondary N) is 2. The van der Waals surface area contributed by atoms with Gasteiger partial charge in [-0.1, -0.05) is 38.5 Å². The fourth-order valence-corrected chi connectivity index (χ4v) is 3.07. The molecule has 0 saturated carbocycles. The van der Waals surface area contributed by atoms with E-state index in [1.54, 1.807) is 0 Å². The van der Waals surface area contributed by atoms with E-state index in [0.29, 0.717) is 6.54 Å². The SMILES string of the molecule is CCCC(C)C(=O)NC1CCN(CC(=O)Nc2ccccc2)CC1. The molecule has 1 aromatic carbocycles. The number of anilines is 1. The minimum absolute atomic E-state index is 0.0141. The Kier molecular flexibility index (Phi) is 7.25. The molecular weight excluding hydrogens is 302 g/mol. The van der Waals surface area contributed by atoms with Crippen LogP contribution in [-0.2, 0) is 9.59 Å². The predicted octanol–water partition coefficient (Wildman–Crippen LogP) is 2.64. The molecule has 0 spiro atoms. The summed E-state index contributed by atoms with van der Waals surface area (Å²) in [5.74, 6) is 0.266. The summed E-state index contributed by atoms with van der Waals surface area (Å²) in [6.45, 7) is 6.18. The van der Waals surface area contributed by atoms with Gasteiger partial charge in [-0.05, 0) is 31.4 Å². The van der Waals surface area contributed by atoms with E-state index >= 15 is 0 Å². The second kappa shape index (κ2) is 9.42. The molecule has 0 bridgehead atoms. The second-order valence-electron chi connectivity index (χ2n) is 6.66. The van der Waals surface area contributed by atoms with E-state index in [1.165, 1.54) is 0 Å². The Hall–Kier alpha value is -1.88. The van der Waals surface area contributed by atoms with Crippen LogP contribution in [0.1, 0.15) is 39.5 Å². The van der Waals surface area contributed by atoms with Crippen molar-refractivity contribution in [3.05, 3.63) is 30.3 Å². The van der Waals surface area contributed by atoms with Gasteiger partial charge in [-0.2, -0.15) is 0 Å². The lowest BCUT2D eigenvalue weighted by molar-refractivity contribution is -0.126. The zero-order chi connectivity index (χ0) is 17.4. The predicted molar refractivity (Wildman–Crippen MR) is 96.7 cm³/mol. The third-order valence-electron chi connectivity index (χ3n) is 4.53. The van der Waals surface area contributed by atoms with Gasteiger partial charge in [0.25, 0.3) is 0 Å². The molecule has 132 valence electrons. The van der Waals surface area contributed by atoms with Gasteiger partial charge in [0.05, 0.1) is 6.54 Å². The van der Waals surface area contributed by atoms with Crippen LogP contribution >= 0.6 is 0 Å². The number of nitrogens with zero attached hydrogens (tertiary/aromatic N) is 1. The maximum Gasteiger partial charge on any atom is 0.238 e. The summed E-state index contributed by atoms with van der Waals surface area (Å²) in [6.07, 6.45) is 3.78. The summed E-state index contributed by atoms with van der Waals surface area (Å²) in [4.78, 5) is 26.3. The van der Waals surface area contributed by atoms with Crippen LogP contribution in [0.15, 0.2) is 30.3 Å². The van der Waals surface area contributed by atoms with Crippen LogP contribution in [0, 0.1) is 5.92 Å². The van der Waals surface area contributed by atoms with Crippen molar-refractivity contribution in [3.8, 4) is 0 Å². The molecule has 1 aromatic rings. The minimum Gasteiger partial charge on any atom is -0.353 e. The average molecular weight is 331 g/mol. The van der Waals surface area contributed by atoms with E-state index in [-0.39, 0.29) is 23.8 Å². The number of hydrogen-bond acceptors (Lipinski definition) is 3. The molecule has 2 rings (SSSR count). The van der Waals surface area contributed by atoms with Crippen molar-refractivity contribution in [2.75, 3.05) is 25.0 Å². The molecule has 5 heteroatoms. The van der Waals surface area contributed by atoms with Crippen molar-refractivity contribution in [1.29, 1.82) is 0 Å². The van der Waals surface area contributed by atoms with Crippen molar-refractivity contribution < 1.29 is 9.59 Å². The molecule has 2 amide bonds. The summed E-state index contributed by atoms with van der Waals surface area (Å²) in [5, 5.41) is 6.06. The third-order valence-corrected chi connectivity index (χ3v) is 4.53. The van der Waals surface area contributed by atoms with Crippen molar-refractivity contribution in [3.63, 3.8) is 0 Å². The van der Waals surface area contributed by atoms with E-state index in [9.17, 15) is 9.59 Å². The van der Waals surface area contributed by atoms with Gasteiger partial charge in [-0.25, -0.2) is 0 Å². The Morgan fingerprint density at radius 1 is 1.21 bits per heavy atom. The summed E-state index contributed by atoms with van der Waals surface area (Å²) in [6, 6.07) is 9.75. The van der Waals surface area contributed by atoms with Crippen LogP contribution in [0.25, 0.3) is 0 Å². The first kappa shape index (κ1) is 18.5. The number of hydrogen-bond donors (Lipinski definition) is 2. The molecule has 1 heterocycles. The fourth-order valence-electron chi connectivity index (χ4n) is 3.07. The normalized spacial score (nSPS) is 17.2. The Morgan fingerprint density at radius 2 is 1.88 bits per heavy atom. The molecule has 0 radical (unpaired) electrons. The number of benzene rings is 1. The van der Waals surface area contributed by atoms with Gasteiger partial charge >= 0.3 is 0 Å². The standard InChI is InChI=1S/C19H29N3O2/c1-3-7-15(2)19(24)21-17-10-12-22(13-11-17)14-18(23)20-16-8-5-4-6-9-16/h4-6,8-9,15,17H,3,7,10-14H2,1-2H3,(H,20,23)(H,21,24). The highest BCUT2D eigenvalue weighted by molar-refractivity contribution is 5.92. The molecule has 1 unspecified atom stereocenters. The molecule has 24 heavy (non-hydrogen) atoms. The van der Waals surface area contributed by atoms with Gasteiger partial charge in [0.15, 0.2) is 0 Å². The zero-order valence-electron chi connectivity index (χ0n) is 14.8. The summed E-state index contributed by atoms with van der Waals surface area (Å²) in [5.41, 5.74) is 0.828. The lowest BCUT2D eigenvalue weighted by Crippen LogP contribution is -2.47. The molecule has 1 atom stereocenters. The fraction of sp³-hybridized carbons (Fsp3) is 0.579. The summed E-state index contributed by atoms with van der Waals surface area (Å²) >= 11 is 0. The van der Waals surface area contributed by atoms with Crippen LogP contribution in [0.3, 0.4) is 0 Å². The van der Waals surface area contributed by atoms with E-state index in [2.05, 4.69) is 22.5 Å². The summed E-state index contributed by atoms with van der Waals surface area (Å²) < 4.78 is 0. The van der Waals surface area contributed by atoms with E-state index in [4.69, 9.17) is 0 Å². The van der Waals surface area contributed by atoms with Gasteiger partial charge < -0.3 is 10.6 Å². The van der Waals surface area contributed by atoms with Crippen molar-refractivity contribution in [2.45, 2.75) is 45.6 Å². The number of para-hydroxylation sites is 1. The Bertz CT molecular complexity index is 525. The Morgan fingerprint density at radius 3 is 2.50 bits per heavy atom. The van der Waals surface area contributed by atoms with Gasteiger partial charge in [0.2, 0.25) is 11.8 Å². The second-order valence-corrected chi connectivity index (χ2v) is 6.66. The van der Waals surface area contributed by atoms with Crippen LogP contribution in [-0.4, -0.2) is 42.4 Å². The maximum atomic E-state index is 12.1. The molecule has 1 aliphatic rings. The topological polar surface area (TPSA) is 61.4 Å². The number of amides is 2. The largest absolute Gasteiger partial charge is 0.353 e. The van der Waals surface area contributed by atoms with Crippen molar-refractivity contribution >= 4 is 17.5 Å². The molecule has 1 saturated heterocycles. The van der Waals surface area contributed by atoms with Crippen molar-refractivity contribution in [1.82, 2.24) is 10.2 Å². The molecule has 1 fully saturated rings. The molecule has 2 N–H and O–H groups in total. The highest BCUT2D eigenvalue weighted by Crippen LogP contribution is 2.13. The van der Waals surface area contributed by atoms with Crippen molar-refractivity contribution in [2.24, 2.45) is 5.92 Å². The molecule has 5 nitrogen and oxygen atoms in total. The number of carbonyl (C=O) groups is 2. The van der Waals surface area contributed by atoms with Gasteiger partial charge in [-0.15, -0.1) is 0 Å². The quantitative estimate of drug-likeness (QED) is 0.807. The highest BCUT2D eigenvalue weighted by atomic mass is 16.2. The molecule has 0 aromatic heterocycles. The smallest absolute Gasteiger partial charge is 0.238 e. The number of rotatable bonds is 7. The first-order valence-corrected chi connectivity index (χ1v) is 8.96. The van der Waals surface area contributed by atoms with Gasteiger partial charge in [-0.3, -0.25) is 14.5 Å². The molecule has 0 aliphatic carbocycles. The Balaban J connectivity index is 1.69. The van der Waals surface area contributed by atoms with Crippen LogP contribution in [0.4, 0.5) is 5.69 Å². The van der Waals surface area contributed by atoms with Crippen LogP contribution < -0.4 is 10.6 Å². The summed E-state index contributed by atoms with van der Waals surface area (Å²) in [7, 11) is 0. The zero-order valence-corrected chi connectivity index (χ0v) is 14.8. The maximum absolute atomic E-state index is 12.1. The van der Waals surface area contributed by atoms with Gasteiger partial charge in [0, 0.05) is 30.7 Å². The third kappa shape index (κ3) is 5.96. The minimum atomic E-state index is 0.0141. The lowest BCUT2D eigenvalue weighted by Gasteiger charge is -2.32. The van der Waals surface area contributed by atoms with E-state index < -0.39 is 0 Å². The molecule has 1 aliphatic heterocycles.